The molecule has 1 saturated heterocycles. The summed E-state index contributed by atoms with van der Waals surface area (Å²) in [5.74, 6) is 1.36. The van der Waals surface area contributed by atoms with Crippen molar-refractivity contribution in [2.75, 3.05) is 13.2 Å². The highest BCUT2D eigenvalue weighted by Crippen LogP contribution is 2.53. The summed E-state index contributed by atoms with van der Waals surface area (Å²) < 4.78 is 5.50. The average molecular weight is 225 g/mol. The van der Waals surface area contributed by atoms with Gasteiger partial charge < -0.3 is 15.2 Å². The summed E-state index contributed by atoms with van der Waals surface area (Å²) in [4.78, 5) is 11.3. The number of hydrogen-bond acceptors (Lipinski definition) is 3. The Kier molecular flexibility index (Phi) is 2.35. The lowest BCUT2D eigenvalue weighted by Gasteiger charge is -2.31. The number of fused-ring (bicyclic) bond motifs is 1. The normalized spacial score (nSPS) is 46.6. The second kappa shape index (κ2) is 3.62. The molecule has 1 amide bonds. The monoisotopic (exact) mass is 225 g/mol. The van der Waals surface area contributed by atoms with Crippen LogP contribution in [0.1, 0.15) is 32.1 Å². The zero-order chi connectivity index (χ0) is 11.2. The van der Waals surface area contributed by atoms with Crippen molar-refractivity contribution in [2.24, 2.45) is 17.8 Å². The Bertz CT molecular complexity index is 307. The summed E-state index contributed by atoms with van der Waals surface area (Å²) >= 11 is 0. The average Bonchev–Trinajstić information content (AvgIpc) is 2.79. The van der Waals surface area contributed by atoms with E-state index in [0.29, 0.717) is 18.4 Å². The standard InChI is InChI=1S/C12H19NO3/c14-6-10-9-4-2-1-3-8(9)5-12(10)7-13-11(15)16-12/h8-10,14H,1-7H2,(H,13,15)/t8-,9-,10+,12-/m1/s1. The lowest BCUT2D eigenvalue weighted by atomic mass is 9.77. The van der Waals surface area contributed by atoms with Crippen LogP contribution in [0.15, 0.2) is 0 Å². The van der Waals surface area contributed by atoms with Gasteiger partial charge in [-0.2, -0.15) is 0 Å². The molecule has 0 aromatic carbocycles. The van der Waals surface area contributed by atoms with Gasteiger partial charge in [-0.3, -0.25) is 0 Å². The molecule has 4 heteroatoms. The highest BCUT2D eigenvalue weighted by atomic mass is 16.6. The summed E-state index contributed by atoms with van der Waals surface area (Å²) in [5.41, 5.74) is -0.397. The van der Waals surface area contributed by atoms with Gasteiger partial charge >= 0.3 is 6.09 Å². The van der Waals surface area contributed by atoms with E-state index in [1.165, 1.54) is 25.7 Å². The number of aliphatic hydroxyl groups excluding tert-OH is 1. The van der Waals surface area contributed by atoms with Crippen molar-refractivity contribution in [1.29, 1.82) is 0 Å². The van der Waals surface area contributed by atoms with Crippen molar-refractivity contribution in [1.82, 2.24) is 5.32 Å². The van der Waals surface area contributed by atoms with Crippen LogP contribution in [0.2, 0.25) is 0 Å². The molecule has 1 spiro atoms. The quantitative estimate of drug-likeness (QED) is 0.707. The molecule has 4 atom stereocenters. The predicted octanol–water partition coefficient (Wildman–Crippen LogP) is 1.28. The maximum Gasteiger partial charge on any atom is 0.407 e. The second-order valence-corrected chi connectivity index (χ2v) is 5.51. The summed E-state index contributed by atoms with van der Waals surface area (Å²) in [5, 5.41) is 12.4. The summed E-state index contributed by atoms with van der Waals surface area (Å²) in [6.07, 6.45) is 5.61. The van der Waals surface area contributed by atoms with Gasteiger partial charge in [0.05, 0.1) is 13.2 Å². The van der Waals surface area contributed by atoms with Gasteiger partial charge in [-0.1, -0.05) is 19.3 Å². The van der Waals surface area contributed by atoms with Crippen molar-refractivity contribution in [3.8, 4) is 0 Å². The number of rotatable bonds is 1. The second-order valence-electron chi connectivity index (χ2n) is 5.51. The Balaban J connectivity index is 1.86. The van der Waals surface area contributed by atoms with Gasteiger partial charge in [0.25, 0.3) is 0 Å². The fourth-order valence-corrected chi connectivity index (χ4v) is 4.11. The van der Waals surface area contributed by atoms with Crippen LogP contribution in [0.5, 0.6) is 0 Å². The third-order valence-electron chi connectivity index (χ3n) is 4.79. The molecule has 1 aliphatic heterocycles. The SMILES string of the molecule is O=C1NC[C@@]2(C[C@H]3CCCC[C@H]3[C@@H]2CO)O1. The fraction of sp³-hybridized carbons (Fsp3) is 0.917. The molecular formula is C12H19NO3. The van der Waals surface area contributed by atoms with Crippen LogP contribution in [0.3, 0.4) is 0 Å². The molecule has 2 N–H and O–H groups in total. The van der Waals surface area contributed by atoms with Gasteiger partial charge in [0.1, 0.15) is 5.60 Å². The molecule has 3 fully saturated rings. The van der Waals surface area contributed by atoms with Crippen LogP contribution in [-0.4, -0.2) is 30.0 Å². The minimum absolute atomic E-state index is 0.149. The summed E-state index contributed by atoms with van der Waals surface area (Å²) in [6.45, 7) is 0.736. The number of alkyl carbamates (subject to hydrolysis) is 1. The van der Waals surface area contributed by atoms with Gasteiger partial charge in [0.2, 0.25) is 0 Å². The summed E-state index contributed by atoms with van der Waals surface area (Å²) in [7, 11) is 0. The number of carbonyl (C=O) groups excluding carboxylic acids is 1. The number of aliphatic hydroxyl groups is 1. The van der Waals surface area contributed by atoms with Gasteiger partial charge in [-0.25, -0.2) is 4.79 Å². The number of ether oxygens (including phenoxy) is 1. The van der Waals surface area contributed by atoms with E-state index in [4.69, 9.17) is 4.74 Å². The van der Waals surface area contributed by atoms with Crippen LogP contribution in [-0.2, 0) is 4.74 Å². The van der Waals surface area contributed by atoms with E-state index in [0.717, 1.165) is 6.42 Å². The molecule has 3 rings (SSSR count). The Labute approximate surface area is 95.4 Å². The van der Waals surface area contributed by atoms with Crippen molar-refractivity contribution < 1.29 is 14.6 Å². The molecule has 3 aliphatic rings. The Morgan fingerprint density at radius 1 is 1.44 bits per heavy atom. The molecule has 0 bridgehead atoms. The lowest BCUT2D eigenvalue weighted by Crippen LogP contribution is -2.41. The minimum Gasteiger partial charge on any atom is -0.441 e. The highest BCUT2D eigenvalue weighted by Gasteiger charge is 2.58. The van der Waals surface area contributed by atoms with Gasteiger partial charge in [0, 0.05) is 5.92 Å². The third kappa shape index (κ3) is 1.35. The van der Waals surface area contributed by atoms with Gasteiger partial charge in [0.15, 0.2) is 0 Å². The molecule has 1 heterocycles. The molecule has 2 saturated carbocycles. The molecule has 90 valence electrons. The van der Waals surface area contributed by atoms with Crippen LogP contribution >= 0.6 is 0 Å². The molecule has 0 unspecified atom stereocenters. The van der Waals surface area contributed by atoms with Crippen molar-refractivity contribution in [3.63, 3.8) is 0 Å². The maximum atomic E-state index is 11.3. The van der Waals surface area contributed by atoms with Crippen LogP contribution in [0.25, 0.3) is 0 Å². The third-order valence-corrected chi connectivity index (χ3v) is 4.79. The predicted molar refractivity (Wildman–Crippen MR) is 57.9 cm³/mol. The van der Waals surface area contributed by atoms with E-state index in [1.54, 1.807) is 0 Å². The topological polar surface area (TPSA) is 58.6 Å². The highest BCUT2D eigenvalue weighted by molar-refractivity contribution is 5.70. The van der Waals surface area contributed by atoms with Crippen molar-refractivity contribution in [2.45, 2.75) is 37.7 Å². The minimum atomic E-state index is -0.397. The Morgan fingerprint density at radius 2 is 2.25 bits per heavy atom. The number of carbonyl (C=O) groups is 1. The number of hydrogen-bond donors (Lipinski definition) is 2. The molecule has 4 nitrogen and oxygen atoms in total. The summed E-state index contributed by atoms with van der Waals surface area (Å²) in [6, 6.07) is 0. The van der Waals surface area contributed by atoms with Gasteiger partial charge in [-0.15, -0.1) is 0 Å². The van der Waals surface area contributed by atoms with Crippen molar-refractivity contribution >= 4 is 6.09 Å². The number of nitrogens with one attached hydrogen (secondary N) is 1. The van der Waals surface area contributed by atoms with E-state index in [2.05, 4.69) is 5.32 Å². The number of amides is 1. The molecule has 0 aromatic rings. The Hall–Kier alpha value is -0.770. The molecule has 16 heavy (non-hydrogen) atoms. The van der Waals surface area contributed by atoms with E-state index in [-0.39, 0.29) is 18.6 Å². The van der Waals surface area contributed by atoms with E-state index < -0.39 is 5.60 Å². The molecule has 0 radical (unpaired) electrons. The van der Waals surface area contributed by atoms with Crippen molar-refractivity contribution in [3.05, 3.63) is 0 Å². The smallest absolute Gasteiger partial charge is 0.407 e. The first-order chi connectivity index (χ1) is 7.75. The lowest BCUT2D eigenvalue weighted by molar-refractivity contribution is -0.00865. The largest absolute Gasteiger partial charge is 0.441 e. The molecule has 2 aliphatic carbocycles. The van der Waals surface area contributed by atoms with E-state index in [9.17, 15) is 9.90 Å². The maximum absolute atomic E-state index is 11.3. The fourth-order valence-electron chi connectivity index (χ4n) is 4.11. The van der Waals surface area contributed by atoms with Gasteiger partial charge in [-0.05, 0) is 24.7 Å². The van der Waals surface area contributed by atoms with E-state index >= 15 is 0 Å². The van der Waals surface area contributed by atoms with Crippen LogP contribution < -0.4 is 5.32 Å². The molecular weight excluding hydrogens is 206 g/mol. The Morgan fingerprint density at radius 3 is 2.94 bits per heavy atom. The zero-order valence-electron chi connectivity index (χ0n) is 9.45. The zero-order valence-corrected chi connectivity index (χ0v) is 9.45. The van der Waals surface area contributed by atoms with Crippen LogP contribution in [0.4, 0.5) is 4.79 Å². The first-order valence-corrected chi connectivity index (χ1v) is 6.33. The first kappa shape index (κ1) is 10.4. The first-order valence-electron chi connectivity index (χ1n) is 6.33. The van der Waals surface area contributed by atoms with E-state index in [1.807, 2.05) is 0 Å². The molecule has 0 aromatic heterocycles. The van der Waals surface area contributed by atoms with Crippen LogP contribution in [0, 0.1) is 17.8 Å².